The summed E-state index contributed by atoms with van der Waals surface area (Å²) in [6.45, 7) is 5.65. The van der Waals surface area contributed by atoms with Crippen LogP contribution in [0, 0.1) is 0 Å². The Morgan fingerprint density at radius 1 is 1.08 bits per heavy atom. The number of carbonyl (C=O) groups excluding carboxylic acids is 1. The van der Waals surface area contributed by atoms with Crippen molar-refractivity contribution in [3.8, 4) is 0 Å². The highest BCUT2D eigenvalue weighted by atomic mass is 79.9. The molecule has 4 nitrogen and oxygen atoms in total. The fourth-order valence-electron chi connectivity index (χ4n) is 3.80. The van der Waals surface area contributed by atoms with E-state index in [1.807, 2.05) is 4.90 Å². The summed E-state index contributed by atoms with van der Waals surface area (Å²) in [4.78, 5) is 17.1. The largest absolute Gasteiger partial charge is 0.339 e. The first-order chi connectivity index (χ1) is 11.0. The average Bonchev–Trinajstić information content (AvgIpc) is 3.02. The lowest BCUT2D eigenvalue weighted by molar-refractivity contribution is -0.138. The first kappa shape index (κ1) is 22.7. The summed E-state index contributed by atoms with van der Waals surface area (Å²) in [6.07, 6.45) is 3.87. The van der Waals surface area contributed by atoms with Crippen LogP contribution in [-0.4, -0.2) is 47.4 Å². The van der Waals surface area contributed by atoms with E-state index in [0.29, 0.717) is 6.04 Å². The average molecular weight is 453 g/mol. The van der Waals surface area contributed by atoms with Gasteiger partial charge < -0.3 is 10.6 Å². The van der Waals surface area contributed by atoms with Crippen LogP contribution < -0.4 is 5.73 Å². The summed E-state index contributed by atoms with van der Waals surface area (Å²) in [5.74, 6) is 0.172. The Morgan fingerprint density at radius 3 is 2.12 bits per heavy atom. The zero-order valence-electron chi connectivity index (χ0n) is 14.6. The standard InChI is InChI=1S/C18H26BrN3O.2ClH/c1-14(15-4-6-16(19)7-5-15)21-10-12-22(13-11-21)17(23)18(20)8-2-3-9-18;;/h4-7,14H,2-3,8-13,20H2,1H3;2*1H. The molecule has 0 bridgehead atoms. The summed E-state index contributed by atoms with van der Waals surface area (Å²) in [5.41, 5.74) is 7.06. The molecular formula is C18H28BrCl2N3O. The van der Waals surface area contributed by atoms with Crippen LogP contribution in [0.2, 0.25) is 0 Å². The SMILES string of the molecule is CC(c1ccc(Br)cc1)N1CCN(C(=O)C2(N)CCCC2)CC1.Cl.Cl. The molecule has 1 aliphatic carbocycles. The Kier molecular flexibility index (Phi) is 8.69. The molecule has 1 aromatic carbocycles. The van der Waals surface area contributed by atoms with Crippen molar-refractivity contribution in [2.24, 2.45) is 5.73 Å². The van der Waals surface area contributed by atoms with Crippen LogP contribution >= 0.6 is 40.7 Å². The van der Waals surface area contributed by atoms with Gasteiger partial charge in [0.1, 0.15) is 0 Å². The lowest BCUT2D eigenvalue weighted by Gasteiger charge is -2.40. The molecule has 1 unspecified atom stereocenters. The van der Waals surface area contributed by atoms with Crippen molar-refractivity contribution in [1.82, 2.24) is 9.80 Å². The number of amides is 1. The molecule has 2 N–H and O–H groups in total. The van der Waals surface area contributed by atoms with E-state index in [4.69, 9.17) is 5.73 Å². The van der Waals surface area contributed by atoms with Gasteiger partial charge in [-0.2, -0.15) is 0 Å². The van der Waals surface area contributed by atoms with Gasteiger partial charge in [-0.05, 0) is 37.5 Å². The molecule has 25 heavy (non-hydrogen) atoms. The van der Waals surface area contributed by atoms with Crippen molar-refractivity contribution in [1.29, 1.82) is 0 Å². The lowest BCUT2D eigenvalue weighted by atomic mass is 9.96. The highest BCUT2D eigenvalue weighted by Crippen LogP contribution is 2.30. The minimum atomic E-state index is -0.584. The van der Waals surface area contributed by atoms with Crippen LogP contribution in [0.5, 0.6) is 0 Å². The van der Waals surface area contributed by atoms with Crippen molar-refractivity contribution < 1.29 is 4.79 Å². The number of rotatable bonds is 3. The quantitative estimate of drug-likeness (QED) is 0.759. The van der Waals surface area contributed by atoms with Gasteiger partial charge >= 0.3 is 0 Å². The van der Waals surface area contributed by atoms with Crippen LogP contribution in [0.15, 0.2) is 28.7 Å². The molecule has 1 aliphatic heterocycles. The van der Waals surface area contributed by atoms with E-state index in [2.05, 4.69) is 52.0 Å². The molecule has 7 heteroatoms. The molecule has 1 saturated heterocycles. The fraction of sp³-hybridized carbons (Fsp3) is 0.611. The highest BCUT2D eigenvalue weighted by Gasteiger charge is 2.40. The number of hydrogen-bond acceptors (Lipinski definition) is 3. The molecule has 1 saturated carbocycles. The maximum atomic E-state index is 12.7. The Bertz CT molecular complexity index is 556. The first-order valence-corrected chi connectivity index (χ1v) is 9.37. The first-order valence-electron chi connectivity index (χ1n) is 8.57. The van der Waals surface area contributed by atoms with Crippen LogP contribution in [-0.2, 0) is 4.79 Å². The summed E-state index contributed by atoms with van der Waals surface area (Å²) >= 11 is 3.48. The predicted molar refractivity (Wildman–Crippen MR) is 111 cm³/mol. The van der Waals surface area contributed by atoms with Gasteiger partial charge in [0, 0.05) is 36.7 Å². The predicted octanol–water partition coefficient (Wildman–Crippen LogP) is 3.77. The van der Waals surface area contributed by atoms with Gasteiger partial charge in [0.15, 0.2) is 0 Å². The van der Waals surface area contributed by atoms with E-state index >= 15 is 0 Å². The zero-order chi connectivity index (χ0) is 16.4. The minimum Gasteiger partial charge on any atom is -0.339 e. The third kappa shape index (κ3) is 5.10. The van der Waals surface area contributed by atoms with E-state index in [-0.39, 0.29) is 30.7 Å². The molecule has 0 aromatic heterocycles. The third-order valence-corrected chi connectivity index (χ3v) is 5.95. The van der Waals surface area contributed by atoms with Crippen LogP contribution in [0.1, 0.15) is 44.2 Å². The number of halogens is 3. The highest BCUT2D eigenvalue weighted by molar-refractivity contribution is 9.10. The molecule has 2 fully saturated rings. The molecule has 3 rings (SSSR count). The Labute approximate surface area is 171 Å². The van der Waals surface area contributed by atoms with Crippen LogP contribution in [0.25, 0.3) is 0 Å². The van der Waals surface area contributed by atoms with Crippen LogP contribution in [0.4, 0.5) is 0 Å². The van der Waals surface area contributed by atoms with Gasteiger partial charge in [-0.25, -0.2) is 0 Å². The topological polar surface area (TPSA) is 49.6 Å². The number of nitrogens with zero attached hydrogens (tertiary/aromatic N) is 2. The number of hydrogen-bond donors (Lipinski definition) is 1. The normalized spacial score (nSPS) is 21.2. The zero-order valence-corrected chi connectivity index (χ0v) is 17.8. The molecule has 2 aliphatic rings. The van der Waals surface area contributed by atoms with Crippen molar-refractivity contribution in [3.63, 3.8) is 0 Å². The summed E-state index contributed by atoms with van der Waals surface area (Å²) in [6, 6.07) is 8.88. The van der Waals surface area contributed by atoms with Gasteiger partial charge in [-0.3, -0.25) is 9.69 Å². The van der Waals surface area contributed by atoms with Crippen LogP contribution in [0.3, 0.4) is 0 Å². The van der Waals surface area contributed by atoms with Crippen molar-refractivity contribution in [2.75, 3.05) is 26.2 Å². The monoisotopic (exact) mass is 451 g/mol. The van der Waals surface area contributed by atoms with E-state index in [9.17, 15) is 4.79 Å². The number of benzene rings is 1. The number of carbonyl (C=O) groups is 1. The second-order valence-corrected chi connectivity index (χ2v) is 7.83. The molecule has 1 heterocycles. The second-order valence-electron chi connectivity index (χ2n) is 6.92. The summed E-state index contributed by atoms with van der Waals surface area (Å²) in [7, 11) is 0. The molecule has 1 aromatic rings. The van der Waals surface area contributed by atoms with Gasteiger partial charge in [0.25, 0.3) is 0 Å². The fourth-order valence-corrected chi connectivity index (χ4v) is 4.06. The van der Waals surface area contributed by atoms with Gasteiger partial charge in [0.05, 0.1) is 5.54 Å². The lowest BCUT2D eigenvalue weighted by Crippen LogP contribution is -2.58. The van der Waals surface area contributed by atoms with Gasteiger partial charge in [-0.1, -0.05) is 40.9 Å². The van der Waals surface area contributed by atoms with Crippen molar-refractivity contribution >= 4 is 46.7 Å². The smallest absolute Gasteiger partial charge is 0.242 e. The van der Waals surface area contributed by atoms with Crippen molar-refractivity contribution in [2.45, 2.75) is 44.2 Å². The number of nitrogens with two attached hydrogens (primary N) is 1. The maximum absolute atomic E-state index is 12.7. The summed E-state index contributed by atoms with van der Waals surface area (Å²) in [5, 5.41) is 0. The molecular weight excluding hydrogens is 425 g/mol. The number of piperazine rings is 1. The molecule has 0 spiro atoms. The minimum absolute atomic E-state index is 0. The van der Waals surface area contributed by atoms with E-state index in [1.54, 1.807) is 0 Å². The molecule has 1 amide bonds. The Morgan fingerprint density at radius 2 is 1.60 bits per heavy atom. The Hall–Kier alpha value is -0.330. The third-order valence-electron chi connectivity index (χ3n) is 5.42. The van der Waals surface area contributed by atoms with Gasteiger partial charge in [-0.15, -0.1) is 24.8 Å². The van der Waals surface area contributed by atoms with E-state index < -0.39 is 5.54 Å². The maximum Gasteiger partial charge on any atom is 0.242 e. The van der Waals surface area contributed by atoms with E-state index in [0.717, 1.165) is 56.3 Å². The molecule has 1 atom stereocenters. The molecule has 142 valence electrons. The van der Waals surface area contributed by atoms with E-state index in [1.165, 1.54) is 5.56 Å². The van der Waals surface area contributed by atoms with Crippen molar-refractivity contribution in [3.05, 3.63) is 34.3 Å². The van der Waals surface area contributed by atoms with Gasteiger partial charge in [0.2, 0.25) is 5.91 Å². The Balaban J connectivity index is 0.00000156. The molecule has 0 radical (unpaired) electrons. The summed E-state index contributed by atoms with van der Waals surface area (Å²) < 4.78 is 1.11. The second kappa shape index (κ2) is 9.56.